The zero-order valence-corrected chi connectivity index (χ0v) is 21.3. The molecule has 0 spiro atoms. The largest absolute Gasteiger partial charge is 0.481 e. The molecule has 0 aromatic rings. The molecule has 184 valence electrons. The first-order chi connectivity index (χ1) is 15.3. The van der Waals surface area contributed by atoms with Crippen LogP contribution in [0.25, 0.3) is 0 Å². The minimum atomic E-state index is -0.742. The molecule has 9 atom stereocenters. The van der Waals surface area contributed by atoms with Crippen molar-refractivity contribution >= 4 is 12.3 Å². The molecule has 0 saturated heterocycles. The highest BCUT2D eigenvalue weighted by Crippen LogP contribution is 2.71. The van der Waals surface area contributed by atoms with Crippen LogP contribution in [0.4, 0.5) is 0 Å². The number of carboxylic acid groups (broad SMARTS) is 1. The number of aliphatic carboxylic acids is 1. The van der Waals surface area contributed by atoms with Crippen molar-refractivity contribution in [2.75, 3.05) is 0 Å². The first-order valence-electron chi connectivity index (χ1n) is 13.4. The van der Waals surface area contributed by atoms with Crippen molar-refractivity contribution in [3.05, 3.63) is 11.6 Å². The van der Waals surface area contributed by atoms with Gasteiger partial charge >= 0.3 is 5.97 Å². The fourth-order valence-corrected chi connectivity index (χ4v) is 10.3. The lowest BCUT2D eigenvalue weighted by atomic mass is 9.38. The summed E-state index contributed by atoms with van der Waals surface area (Å²) in [5.41, 5.74) is 0.328. The number of aliphatic hydroxyl groups is 1. The zero-order chi connectivity index (χ0) is 24.0. The van der Waals surface area contributed by atoms with E-state index in [4.69, 9.17) is 0 Å². The number of hydrogen-bond donors (Lipinski definition) is 2. The van der Waals surface area contributed by atoms with Crippen molar-refractivity contribution in [1.29, 1.82) is 0 Å². The molecule has 0 bridgehead atoms. The lowest BCUT2D eigenvalue weighted by Gasteiger charge is -2.66. The fraction of sp³-hybridized carbons (Fsp3) is 0.862. The van der Waals surface area contributed by atoms with Crippen LogP contribution in [0.5, 0.6) is 0 Å². The number of allylic oxidation sites excluding steroid dienone is 2. The molecule has 4 heteroatoms. The summed E-state index contributed by atoms with van der Waals surface area (Å²) in [6, 6.07) is 0. The predicted octanol–water partition coefficient (Wildman–Crippen LogP) is 6.02. The van der Waals surface area contributed by atoms with E-state index >= 15 is 0 Å². The first kappa shape index (κ1) is 23.6. The molecule has 4 nitrogen and oxygen atoms in total. The number of fused-ring (bicyclic) bond motifs is 7. The van der Waals surface area contributed by atoms with Crippen LogP contribution in [0, 0.1) is 50.7 Å². The molecule has 0 aromatic heterocycles. The Balaban J connectivity index is 1.52. The van der Waals surface area contributed by atoms with Crippen LogP contribution >= 0.6 is 0 Å². The van der Waals surface area contributed by atoms with Crippen LogP contribution in [-0.4, -0.2) is 28.6 Å². The van der Waals surface area contributed by atoms with Gasteiger partial charge < -0.3 is 15.0 Å². The Morgan fingerprint density at radius 3 is 2.39 bits per heavy atom. The topological polar surface area (TPSA) is 74.6 Å². The van der Waals surface area contributed by atoms with Gasteiger partial charge in [0.15, 0.2) is 0 Å². The third-order valence-electron chi connectivity index (χ3n) is 12.4. The number of carbonyl (C=O) groups is 2. The Bertz CT molecular complexity index is 890. The maximum atomic E-state index is 12.6. The lowest BCUT2D eigenvalue weighted by molar-refractivity contribution is -0.174. The Morgan fingerprint density at radius 2 is 1.73 bits per heavy atom. The molecule has 0 amide bonds. The SMILES string of the molecule is CC1(C)[C@H](O)CC[C@]2(C)[C@H]3CC[C@@H]4C(=CC[C@@]5(C=O)CC[C@](C)(C(=O)O)C[C@@]45C)[C@@H]3CC[C@@H]12. The molecule has 0 unspecified atom stereocenters. The summed E-state index contributed by atoms with van der Waals surface area (Å²) < 4.78 is 0. The van der Waals surface area contributed by atoms with Gasteiger partial charge in [0.05, 0.1) is 11.5 Å². The zero-order valence-electron chi connectivity index (χ0n) is 21.3. The van der Waals surface area contributed by atoms with Gasteiger partial charge in [0.25, 0.3) is 0 Å². The van der Waals surface area contributed by atoms with Crippen molar-refractivity contribution < 1.29 is 19.8 Å². The minimum absolute atomic E-state index is 0.0406. The number of rotatable bonds is 2. The van der Waals surface area contributed by atoms with Gasteiger partial charge in [0.2, 0.25) is 0 Å². The second kappa shape index (κ2) is 7.18. The van der Waals surface area contributed by atoms with E-state index in [1.807, 2.05) is 6.92 Å². The van der Waals surface area contributed by atoms with Crippen molar-refractivity contribution in [2.24, 2.45) is 50.7 Å². The quantitative estimate of drug-likeness (QED) is 0.393. The van der Waals surface area contributed by atoms with E-state index in [2.05, 4.69) is 33.8 Å². The van der Waals surface area contributed by atoms with Crippen molar-refractivity contribution in [1.82, 2.24) is 0 Å². The Labute approximate surface area is 199 Å². The summed E-state index contributed by atoms with van der Waals surface area (Å²) in [5, 5.41) is 20.8. The summed E-state index contributed by atoms with van der Waals surface area (Å²) >= 11 is 0. The highest BCUT2D eigenvalue weighted by Gasteiger charge is 2.65. The van der Waals surface area contributed by atoms with E-state index in [1.165, 1.54) is 19.1 Å². The molecular weight excluding hydrogens is 412 g/mol. The molecule has 5 rings (SSSR count). The Hall–Kier alpha value is -1.16. The van der Waals surface area contributed by atoms with Gasteiger partial charge in [-0.1, -0.05) is 39.3 Å². The van der Waals surface area contributed by atoms with Crippen LogP contribution in [0.3, 0.4) is 0 Å². The normalized spacial score (nSPS) is 52.9. The maximum absolute atomic E-state index is 12.6. The van der Waals surface area contributed by atoms with Gasteiger partial charge in [-0.3, -0.25) is 4.79 Å². The van der Waals surface area contributed by atoms with Crippen molar-refractivity contribution in [3.63, 3.8) is 0 Å². The fourth-order valence-electron chi connectivity index (χ4n) is 10.3. The van der Waals surface area contributed by atoms with Gasteiger partial charge in [-0.2, -0.15) is 0 Å². The number of hydrogen-bond acceptors (Lipinski definition) is 3. The molecule has 33 heavy (non-hydrogen) atoms. The van der Waals surface area contributed by atoms with Gasteiger partial charge in [-0.05, 0) is 111 Å². The summed E-state index contributed by atoms with van der Waals surface area (Å²) in [6.07, 6.45) is 12.7. The van der Waals surface area contributed by atoms with Crippen molar-refractivity contribution in [2.45, 2.75) is 105 Å². The summed E-state index contributed by atoms with van der Waals surface area (Å²) in [6.45, 7) is 11.2. The summed E-state index contributed by atoms with van der Waals surface area (Å²) in [4.78, 5) is 24.8. The molecule has 0 aliphatic heterocycles. The third-order valence-corrected chi connectivity index (χ3v) is 12.4. The number of carbonyl (C=O) groups excluding carboxylic acids is 1. The molecule has 4 saturated carbocycles. The average molecular weight is 457 g/mol. The van der Waals surface area contributed by atoms with Crippen LogP contribution in [0.15, 0.2) is 11.6 Å². The summed E-state index contributed by atoms with van der Waals surface area (Å²) in [5.74, 6) is 1.34. The Kier molecular flexibility index (Phi) is 5.13. The Morgan fingerprint density at radius 1 is 1.00 bits per heavy atom. The van der Waals surface area contributed by atoms with E-state index in [9.17, 15) is 19.8 Å². The van der Waals surface area contributed by atoms with E-state index in [1.54, 1.807) is 5.57 Å². The number of aliphatic hydroxyl groups excluding tert-OH is 1. The standard InChI is InChI=1S/C29H44O4/c1-25(2)22-9-6-18-19-10-13-29(17-30)15-14-26(3,24(32)33)16-28(29,5)21(19)8-7-20(18)27(22,4)12-11-23(25)31/h10,17-18,20-23,31H,6-9,11-16H2,1-5H3,(H,32,33)/t18-,20-,21+,22-,23+,26-,27+,28-,29-/m0/s1. The smallest absolute Gasteiger partial charge is 0.309 e. The maximum Gasteiger partial charge on any atom is 0.309 e. The lowest BCUT2D eigenvalue weighted by Crippen LogP contribution is -2.61. The molecule has 0 heterocycles. The van der Waals surface area contributed by atoms with Gasteiger partial charge in [-0.15, -0.1) is 0 Å². The van der Waals surface area contributed by atoms with E-state index in [0.717, 1.165) is 32.1 Å². The summed E-state index contributed by atoms with van der Waals surface area (Å²) in [7, 11) is 0. The molecule has 5 aliphatic rings. The van der Waals surface area contributed by atoms with Crippen LogP contribution in [-0.2, 0) is 9.59 Å². The van der Waals surface area contributed by atoms with Gasteiger partial charge in [-0.25, -0.2) is 0 Å². The number of aldehydes is 1. The molecule has 2 N–H and O–H groups in total. The van der Waals surface area contributed by atoms with Crippen LogP contribution in [0.2, 0.25) is 0 Å². The van der Waals surface area contributed by atoms with Crippen molar-refractivity contribution in [3.8, 4) is 0 Å². The second-order valence-corrected chi connectivity index (χ2v) is 14.0. The van der Waals surface area contributed by atoms with Gasteiger partial charge in [0.1, 0.15) is 6.29 Å². The molecule has 5 aliphatic carbocycles. The van der Waals surface area contributed by atoms with E-state index < -0.39 is 16.8 Å². The molecule has 4 fully saturated rings. The number of carboxylic acids is 1. The minimum Gasteiger partial charge on any atom is -0.481 e. The first-order valence-corrected chi connectivity index (χ1v) is 13.4. The molecule has 0 radical (unpaired) electrons. The monoisotopic (exact) mass is 456 g/mol. The van der Waals surface area contributed by atoms with Crippen LogP contribution in [0.1, 0.15) is 98.8 Å². The highest BCUT2D eigenvalue weighted by molar-refractivity contribution is 5.75. The molecule has 0 aromatic carbocycles. The average Bonchev–Trinajstić information content (AvgIpc) is 2.76. The second-order valence-electron chi connectivity index (χ2n) is 14.0. The molecular formula is C29H44O4. The van der Waals surface area contributed by atoms with Crippen LogP contribution < -0.4 is 0 Å². The van der Waals surface area contributed by atoms with E-state index in [0.29, 0.717) is 42.9 Å². The van der Waals surface area contributed by atoms with E-state index in [-0.39, 0.29) is 22.3 Å². The predicted molar refractivity (Wildman–Crippen MR) is 128 cm³/mol. The van der Waals surface area contributed by atoms with Gasteiger partial charge in [0, 0.05) is 5.41 Å². The third kappa shape index (κ3) is 2.91. The highest BCUT2D eigenvalue weighted by atomic mass is 16.4.